The minimum absolute atomic E-state index is 0.0190. The lowest BCUT2D eigenvalue weighted by molar-refractivity contribution is -0.384. The lowest BCUT2D eigenvalue weighted by Gasteiger charge is -2.06. The van der Waals surface area contributed by atoms with E-state index in [0.717, 1.165) is 12.1 Å². The van der Waals surface area contributed by atoms with E-state index >= 15 is 0 Å². The van der Waals surface area contributed by atoms with Crippen LogP contribution in [0, 0.1) is 10.1 Å². The highest BCUT2D eigenvalue weighted by Gasteiger charge is 2.18. The Morgan fingerprint density at radius 1 is 1.25 bits per heavy atom. The molecule has 2 aromatic carbocycles. The fourth-order valence-corrected chi connectivity index (χ4v) is 2.38. The van der Waals surface area contributed by atoms with Crippen LogP contribution in [0.15, 0.2) is 52.5 Å². The standard InChI is InChI=1S/C14H14N4O5S/c1-9(10-2-4-11(19)5-3-10)16-17-13-7-6-12(24(15,22)23)8-14(13)18(20)21/h2-8,17,19H,1H3,(H2,15,22,23)/b16-9+. The van der Waals surface area contributed by atoms with Crippen LogP contribution in [0.4, 0.5) is 11.4 Å². The number of nitrogens with zero attached hydrogens (tertiary/aromatic N) is 2. The first-order chi connectivity index (χ1) is 11.2. The fourth-order valence-electron chi connectivity index (χ4n) is 1.85. The number of phenols is 1. The first-order valence-electron chi connectivity index (χ1n) is 6.59. The van der Waals surface area contributed by atoms with Crippen molar-refractivity contribution in [3.8, 4) is 5.75 Å². The van der Waals surface area contributed by atoms with Gasteiger partial charge in [-0.1, -0.05) is 0 Å². The third-order valence-corrected chi connectivity index (χ3v) is 4.03. The predicted octanol–water partition coefficient (Wildman–Crippen LogP) is 1.78. The smallest absolute Gasteiger partial charge is 0.295 e. The Bertz CT molecular complexity index is 907. The third-order valence-electron chi connectivity index (χ3n) is 3.12. The molecule has 2 aromatic rings. The van der Waals surface area contributed by atoms with Crippen LogP contribution in [0.25, 0.3) is 0 Å². The summed E-state index contributed by atoms with van der Waals surface area (Å²) in [6, 6.07) is 9.46. The SMILES string of the molecule is C/C(=N\Nc1ccc(S(N)(=O)=O)cc1[N+](=O)[O-])c1ccc(O)cc1. The molecule has 0 unspecified atom stereocenters. The van der Waals surface area contributed by atoms with Gasteiger partial charge in [0.05, 0.1) is 15.5 Å². The van der Waals surface area contributed by atoms with Crippen molar-refractivity contribution < 1.29 is 18.4 Å². The summed E-state index contributed by atoms with van der Waals surface area (Å²) in [6.45, 7) is 1.67. The first kappa shape index (κ1) is 17.4. The van der Waals surface area contributed by atoms with E-state index in [2.05, 4.69) is 10.5 Å². The highest BCUT2D eigenvalue weighted by Crippen LogP contribution is 2.27. The number of nitro groups is 1. The number of nitrogens with one attached hydrogen (secondary N) is 1. The van der Waals surface area contributed by atoms with Gasteiger partial charge < -0.3 is 5.11 Å². The van der Waals surface area contributed by atoms with Gasteiger partial charge in [-0.15, -0.1) is 0 Å². The Balaban J connectivity index is 2.33. The van der Waals surface area contributed by atoms with Gasteiger partial charge in [0.25, 0.3) is 5.69 Å². The number of hydrogen-bond acceptors (Lipinski definition) is 7. The number of hydrogen-bond donors (Lipinski definition) is 3. The molecule has 0 aromatic heterocycles. The Morgan fingerprint density at radius 2 is 1.88 bits per heavy atom. The number of hydrazone groups is 1. The minimum atomic E-state index is -4.05. The molecule has 0 aliphatic carbocycles. The maximum absolute atomic E-state index is 11.3. The highest BCUT2D eigenvalue weighted by atomic mass is 32.2. The van der Waals surface area contributed by atoms with E-state index in [1.807, 2.05) is 0 Å². The average Bonchev–Trinajstić information content (AvgIpc) is 2.52. The Labute approximate surface area is 137 Å². The molecule has 2 rings (SSSR count). The summed E-state index contributed by atoms with van der Waals surface area (Å²) < 4.78 is 22.6. The number of primary sulfonamides is 1. The number of benzene rings is 2. The van der Waals surface area contributed by atoms with Crippen molar-refractivity contribution >= 4 is 27.1 Å². The van der Waals surface area contributed by atoms with Gasteiger partial charge in [0.1, 0.15) is 11.4 Å². The molecule has 0 saturated carbocycles. The van der Waals surface area contributed by atoms with Crippen molar-refractivity contribution in [2.45, 2.75) is 11.8 Å². The molecular formula is C14H14N4O5S. The molecule has 0 aliphatic heterocycles. The number of nitro benzene ring substituents is 1. The molecule has 0 spiro atoms. The lowest BCUT2D eigenvalue weighted by Crippen LogP contribution is -2.12. The van der Waals surface area contributed by atoms with Crippen molar-refractivity contribution in [3.05, 3.63) is 58.1 Å². The van der Waals surface area contributed by atoms with Crippen LogP contribution in [0.1, 0.15) is 12.5 Å². The molecular weight excluding hydrogens is 336 g/mol. The molecule has 0 atom stereocenters. The minimum Gasteiger partial charge on any atom is -0.508 e. The molecule has 10 heteroatoms. The van der Waals surface area contributed by atoms with Gasteiger partial charge in [0, 0.05) is 6.07 Å². The largest absolute Gasteiger partial charge is 0.508 e. The first-order valence-corrected chi connectivity index (χ1v) is 8.14. The molecule has 0 radical (unpaired) electrons. The highest BCUT2D eigenvalue weighted by molar-refractivity contribution is 7.89. The zero-order valence-electron chi connectivity index (χ0n) is 12.5. The van der Waals surface area contributed by atoms with Gasteiger partial charge in [-0.05, 0) is 48.9 Å². The second kappa shape index (κ2) is 6.64. The van der Waals surface area contributed by atoms with E-state index in [-0.39, 0.29) is 16.3 Å². The van der Waals surface area contributed by atoms with E-state index in [0.29, 0.717) is 11.3 Å². The molecule has 24 heavy (non-hydrogen) atoms. The number of aromatic hydroxyl groups is 1. The van der Waals surface area contributed by atoms with Gasteiger partial charge in [0.15, 0.2) is 0 Å². The van der Waals surface area contributed by atoms with Crippen LogP contribution < -0.4 is 10.6 Å². The second-order valence-corrected chi connectivity index (χ2v) is 6.40. The molecule has 0 saturated heterocycles. The van der Waals surface area contributed by atoms with Crippen LogP contribution >= 0.6 is 0 Å². The van der Waals surface area contributed by atoms with E-state index in [1.54, 1.807) is 19.1 Å². The summed E-state index contributed by atoms with van der Waals surface area (Å²) in [5.74, 6) is 0.105. The van der Waals surface area contributed by atoms with Crippen molar-refractivity contribution in [2.75, 3.05) is 5.43 Å². The zero-order chi connectivity index (χ0) is 17.9. The van der Waals surface area contributed by atoms with Gasteiger partial charge in [0.2, 0.25) is 10.0 Å². The summed E-state index contributed by atoms with van der Waals surface area (Å²) in [7, 11) is -4.05. The van der Waals surface area contributed by atoms with E-state index < -0.39 is 20.6 Å². The molecule has 0 amide bonds. The normalized spacial score (nSPS) is 12.0. The summed E-state index contributed by atoms with van der Waals surface area (Å²) in [5, 5.41) is 29.3. The van der Waals surface area contributed by atoms with Crippen LogP contribution in [-0.4, -0.2) is 24.2 Å². The fraction of sp³-hybridized carbons (Fsp3) is 0.0714. The average molecular weight is 350 g/mol. The quantitative estimate of drug-likeness (QED) is 0.425. The second-order valence-electron chi connectivity index (χ2n) is 4.84. The van der Waals surface area contributed by atoms with Crippen LogP contribution in [0.3, 0.4) is 0 Å². The maximum Gasteiger partial charge on any atom is 0.295 e. The number of sulfonamides is 1. The third kappa shape index (κ3) is 4.06. The van der Waals surface area contributed by atoms with Crippen LogP contribution in [0.5, 0.6) is 5.75 Å². The molecule has 0 heterocycles. The summed E-state index contributed by atoms with van der Waals surface area (Å²) in [5.41, 5.74) is 3.30. The van der Waals surface area contributed by atoms with Gasteiger partial charge in [-0.3, -0.25) is 15.5 Å². The van der Waals surface area contributed by atoms with Crippen molar-refractivity contribution in [3.63, 3.8) is 0 Å². The van der Waals surface area contributed by atoms with Gasteiger partial charge in [-0.25, -0.2) is 13.6 Å². The van der Waals surface area contributed by atoms with Crippen LogP contribution in [-0.2, 0) is 10.0 Å². The van der Waals surface area contributed by atoms with Crippen molar-refractivity contribution in [2.24, 2.45) is 10.2 Å². The van der Waals surface area contributed by atoms with E-state index in [1.165, 1.54) is 18.2 Å². The monoisotopic (exact) mass is 350 g/mol. The summed E-state index contributed by atoms with van der Waals surface area (Å²) in [6.07, 6.45) is 0. The number of nitrogens with two attached hydrogens (primary N) is 1. The summed E-state index contributed by atoms with van der Waals surface area (Å²) >= 11 is 0. The Morgan fingerprint density at radius 3 is 2.42 bits per heavy atom. The zero-order valence-corrected chi connectivity index (χ0v) is 13.3. The molecule has 9 nitrogen and oxygen atoms in total. The molecule has 126 valence electrons. The number of anilines is 1. The Hall–Kier alpha value is -2.98. The number of phenolic OH excluding ortho intramolecular Hbond substituents is 1. The maximum atomic E-state index is 11.3. The van der Waals surface area contributed by atoms with Gasteiger partial charge in [-0.2, -0.15) is 5.10 Å². The van der Waals surface area contributed by atoms with Crippen LogP contribution in [0.2, 0.25) is 0 Å². The number of rotatable bonds is 5. The predicted molar refractivity (Wildman–Crippen MR) is 88.4 cm³/mol. The van der Waals surface area contributed by atoms with Crippen molar-refractivity contribution in [1.82, 2.24) is 0 Å². The molecule has 4 N–H and O–H groups in total. The molecule has 0 aliphatic rings. The lowest BCUT2D eigenvalue weighted by atomic mass is 10.1. The summed E-state index contributed by atoms with van der Waals surface area (Å²) in [4.78, 5) is 10.0. The topological polar surface area (TPSA) is 148 Å². The molecule has 0 bridgehead atoms. The molecule has 0 fully saturated rings. The van der Waals surface area contributed by atoms with Gasteiger partial charge >= 0.3 is 0 Å². The Kier molecular flexibility index (Phi) is 4.81. The van der Waals surface area contributed by atoms with Crippen molar-refractivity contribution in [1.29, 1.82) is 0 Å². The van der Waals surface area contributed by atoms with E-state index in [4.69, 9.17) is 5.14 Å². The van der Waals surface area contributed by atoms with E-state index in [9.17, 15) is 23.6 Å².